The number of nitrogens with zero attached hydrogens (tertiary/aromatic N) is 4. The van der Waals surface area contributed by atoms with Crippen molar-refractivity contribution in [3.05, 3.63) is 42.1 Å². The molecule has 2 aromatic rings. The summed E-state index contributed by atoms with van der Waals surface area (Å²) in [4.78, 5) is 62.0. The number of alkyl halides is 3. The fraction of sp³-hybridized carbons (Fsp3) is 0.500. The molecule has 1 fully saturated rings. The minimum Gasteiger partial charge on any atom is -0.481 e. The van der Waals surface area contributed by atoms with E-state index >= 15 is 0 Å². The second kappa shape index (κ2) is 17.4. The Labute approximate surface area is 269 Å². The molecule has 1 atom stereocenters. The van der Waals surface area contributed by atoms with Gasteiger partial charge in [-0.05, 0) is 19.3 Å². The number of carboxylic acids is 1. The Kier molecular flexibility index (Phi) is 14.3. The van der Waals surface area contributed by atoms with Gasteiger partial charge in [-0.1, -0.05) is 44.2 Å². The number of halogens is 3. The van der Waals surface area contributed by atoms with E-state index in [0.29, 0.717) is 24.1 Å². The summed E-state index contributed by atoms with van der Waals surface area (Å²) in [7, 11) is -5.84. The van der Waals surface area contributed by atoms with Crippen molar-refractivity contribution in [3.8, 4) is 11.4 Å². The number of rotatable bonds is 11. The number of ether oxygens (including phenoxy) is 1. The van der Waals surface area contributed by atoms with Crippen molar-refractivity contribution >= 4 is 39.8 Å². The average Bonchev–Trinajstić information content (AvgIpc) is 3.01. The van der Waals surface area contributed by atoms with Gasteiger partial charge >= 0.3 is 27.7 Å². The van der Waals surface area contributed by atoms with Crippen molar-refractivity contribution in [3.63, 3.8) is 0 Å². The van der Waals surface area contributed by atoms with E-state index in [9.17, 15) is 37.5 Å². The lowest BCUT2D eigenvalue weighted by Crippen LogP contribution is -2.56. The number of amides is 3. The zero-order chi connectivity index (χ0) is 35.4. The van der Waals surface area contributed by atoms with Crippen LogP contribution in [-0.2, 0) is 24.4 Å². The van der Waals surface area contributed by atoms with E-state index in [2.05, 4.69) is 20.6 Å². The molecule has 19 heteroatoms. The third-order valence-corrected chi connectivity index (χ3v) is 6.93. The van der Waals surface area contributed by atoms with Crippen LogP contribution < -0.4 is 10.6 Å². The second-order valence-corrected chi connectivity index (χ2v) is 11.9. The molecule has 0 aliphatic carbocycles. The first kappa shape index (κ1) is 38.7. The number of piperazine rings is 1. The van der Waals surface area contributed by atoms with Crippen LogP contribution in [-0.4, -0.2) is 113 Å². The van der Waals surface area contributed by atoms with Crippen LogP contribution in [0.1, 0.15) is 44.1 Å². The lowest BCUT2D eigenvalue weighted by Gasteiger charge is -2.35. The summed E-state index contributed by atoms with van der Waals surface area (Å²) in [6.45, 7) is 7.74. The second-order valence-electron chi connectivity index (χ2n) is 10.5. The number of aromatic nitrogens is 2. The van der Waals surface area contributed by atoms with Crippen LogP contribution in [0.15, 0.2) is 36.4 Å². The molecule has 1 aliphatic heterocycles. The Morgan fingerprint density at radius 2 is 1.60 bits per heavy atom. The van der Waals surface area contributed by atoms with Crippen LogP contribution in [0, 0.1) is 5.92 Å². The molecule has 0 radical (unpaired) electrons. The number of hydrogen-bond acceptors (Lipinski definition) is 10. The van der Waals surface area contributed by atoms with Crippen LogP contribution in [0.25, 0.3) is 11.4 Å². The molecular weight excluding hydrogens is 653 g/mol. The zero-order valence-corrected chi connectivity index (χ0v) is 26.7. The molecule has 1 aromatic heterocycles. The first-order chi connectivity index (χ1) is 21.9. The van der Waals surface area contributed by atoms with Crippen molar-refractivity contribution in [2.45, 2.75) is 45.2 Å². The van der Waals surface area contributed by atoms with Crippen molar-refractivity contribution < 1.29 is 55.2 Å². The number of benzene rings is 1. The van der Waals surface area contributed by atoms with Crippen LogP contribution in [0.2, 0.25) is 0 Å². The van der Waals surface area contributed by atoms with Gasteiger partial charge in [0.1, 0.15) is 17.6 Å². The monoisotopic (exact) mass is 690 g/mol. The molecule has 4 N–H and O–H groups in total. The number of carboxylic acid groups (broad SMARTS) is 1. The van der Waals surface area contributed by atoms with Gasteiger partial charge in [-0.3, -0.25) is 18.9 Å². The van der Waals surface area contributed by atoms with Crippen LogP contribution >= 0.6 is 0 Å². The largest absolute Gasteiger partial charge is 0.522 e. The van der Waals surface area contributed by atoms with Gasteiger partial charge < -0.3 is 30.3 Å². The highest BCUT2D eigenvalue weighted by Gasteiger charge is 2.44. The molecule has 3 amide bonds. The standard InChI is InChI=1S/C27H36N6O6.CHF3O3S/c1-4-39-27(38)33-14-12-32(13-15-33)26(37)20(10-11-23(34)35)30-25(36)21-16-22(28-17-18(2)3)31-24(29-21)19-8-6-5-7-9-19;2-1(3,4)8(5,6)7/h5-9,16,18,20H,4,10-15,17H2,1-3H3,(H,30,36)(H,34,35)(H,28,29,31);(H,5,6,7)/t20-;/m0./s1. The van der Waals surface area contributed by atoms with Gasteiger partial charge in [0.25, 0.3) is 5.91 Å². The molecule has 15 nitrogen and oxygen atoms in total. The normalized spacial score (nSPS) is 14.0. The fourth-order valence-corrected chi connectivity index (χ4v) is 3.98. The highest BCUT2D eigenvalue weighted by atomic mass is 32.2. The quantitative estimate of drug-likeness (QED) is 0.198. The van der Waals surface area contributed by atoms with Crippen LogP contribution in [0.3, 0.4) is 0 Å². The summed E-state index contributed by atoms with van der Waals surface area (Å²) >= 11 is 0. The van der Waals surface area contributed by atoms with E-state index in [1.165, 1.54) is 15.9 Å². The highest BCUT2D eigenvalue weighted by molar-refractivity contribution is 7.86. The van der Waals surface area contributed by atoms with Gasteiger partial charge in [0.2, 0.25) is 5.91 Å². The molecule has 3 rings (SSSR count). The number of anilines is 1. The summed E-state index contributed by atoms with van der Waals surface area (Å²) in [6, 6.07) is 9.65. The Balaban J connectivity index is 0.000000849. The van der Waals surface area contributed by atoms with E-state index in [0.717, 1.165) is 5.56 Å². The predicted molar refractivity (Wildman–Crippen MR) is 162 cm³/mol. The van der Waals surface area contributed by atoms with E-state index < -0.39 is 45.5 Å². The van der Waals surface area contributed by atoms with Crippen molar-refractivity contribution in [1.82, 2.24) is 25.1 Å². The first-order valence-electron chi connectivity index (χ1n) is 14.4. The first-order valence-corrected chi connectivity index (χ1v) is 15.8. The Morgan fingerprint density at radius 3 is 2.11 bits per heavy atom. The molecule has 2 heterocycles. The Morgan fingerprint density at radius 1 is 1.02 bits per heavy atom. The number of nitrogens with one attached hydrogen (secondary N) is 2. The summed E-state index contributed by atoms with van der Waals surface area (Å²) in [5.74, 6) is -0.966. The van der Waals surface area contributed by atoms with E-state index in [-0.39, 0.29) is 51.3 Å². The maximum absolute atomic E-state index is 13.4. The number of hydrogen-bond donors (Lipinski definition) is 4. The van der Waals surface area contributed by atoms with E-state index in [4.69, 9.17) is 17.7 Å². The summed E-state index contributed by atoms with van der Waals surface area (Å²) in [6.07, 6.45) is -0.840. The predicted octanol–water partition coefficient (Wildman–Crippen LogP) is 2.87. The minimum atomic E-state index is -5.84. The number of aliphatic carboxylic acids is 1. The Hall–Kier alpha value is -4.52. The van der Waals surface area contributed by atoms with Crippen LogP contribution in [0.5, 0.6) is 0 Å². The lowest BCUT2D eigenvalue weighted by atomic mass is 10.1. The highest BCUT2D eigenvalue weighted by Crippen LogP contribution is 2.21. The SMILES string of the molecule is CCOC(=O)N1CCN(C(=O)[C@H](CCC(=O)O)NC(=O)c2cc(NCC(C)C)nc(-c3ccccc3)n2)CC1.O=S(=O)(O)C(F)(F)F. The maximum Gasteiger partial charge on any atom is 0.522 e. The summed E-state index contributed by atoms with van der Waals surface area (Å²) in [5.41, 5.74) is -4.76. The Bertz CT molecular complexity index is 1490. The number of carbonyl (C=O) groups excluding carboxylic acids is 3. The smallest absolute Gasteiger partial charge is 0.481 e. The summed E-state index contributed by atoms with van der Waals surface area (Å²) in [5, 5.41) is 15.1. The lowest BCUT2D eigenvalue weighted by molar-refractivity contribution is -0.138. The molecule has 1 saturated heterocycles. The van der Waals surface area contributed by atoms with E-state index in [1.807, 2.05) is 44.2 Å². The number of carbonyl (C=O) groups is 4. The molecule has 0 bridgehead atoms. The van der Waals surface area contributed by atoms with Gasteiger partial charge in [-0.25, -0.2) is 14.8 Å². The van der Waals surface area contributed by atoms with Gasteiger partial charge in [0, 0.05) is 50.8 Å². The van der Waals surface area contributed by atoms with E-state index in [1.54, 1.807) is 6.92 Å². The van der Waals surface area contributed by atoms with Gasteiger partial charge in [-0.15, -0.1) is 0 Å². The van der Waals surface area contributed by atoms with Crippen LogP contribution in [0.4, 0.5) is 23.8 Å². The fourth-order valence-electron chi connectivity index (χ4n) is 3.98. The molecule has 0 saturated carbocycles. The molecule has 1 aromatic carbocycles. The topological polar surface area (TPSA) is 208 Å². The van der Waals surface area contributed by atoms with Crippen molar-refractivity contribution in [2.24, 2.45) is 5.92 Å². The molecule has 260 valence electrons. The van der Waals surface area contributed by atoms with Gasteiger partial charge in [-0.2, -0.15) is 21.6 Å². The van der Waals surface area contributed by atoms with Crippen molar-refractivity contribution in [1.29, 1.82) is 0 Å². The molecular formula is C28H37F3N6O9S. The molecule has 0 spiro atoms. The maximum atomic E-state index is 13.4. The molecule has 47 heavy (non-hydrogen) atoms. The van der Waals surface area contributed by atoms with Gasteiger partial charge in [0.15, 0.2) is 5.82 Å². The summed E-state index contributed by atoms with van der Waals surface area (Å²) < 4.78 is 62.6. The van der Waals surface area contributed by atoms with Crippen molar-refractivity contribution in [2.75, 3.05) is 44.6 Å². The third kappa shape index (κ3) is 12.7. The van der Waals surface area contributed by atoms with Gasteiger partial charge in [0.05, 0.1) is 6.61 Å². The zero-order valence-electron chi connectivity index (χ0n) is 25.9. The molecule has 1 aliphatic rings. The average molecular weight is 691 g/mol. The third-order valence-electron chi connectivity index (χ3n) is 6.34. The minimum absolute atomic E-state index is 0.0513. The molecule has 0 unspecified atom stereocenters.